The number of anilines is 1. The summed E-state index contributed by atoms with van der Waals surface area (Å²) in [6, 6.07) is 4.09. The highest BCUT2D eigenvalue weighted by atomic mass is 16.1. The van der Waals surface area contributed by atoms with Crippen LogP contribution in [-0.2, 0) is 11.3 Å². The summed E-state index contributed by atoms with van der Waals surface area (Å²) >= 11 is 0. The van der Waals surface area contributed by atoms with E-state index in [0.29, 0.717) is 6.42 Å². The number of amides is 1. The maximum atomic E-state index is 11.2. The van der Waals surface area contributed by atoms with Crippen molar-refractivity contribution in [3.63, 3.8) is 0 Å². The fraction of sp³-hybridized carbons (Fsp3) is 0.538. The lowest BCUT2D eigenvalue weighted by molar-refractivity contribution is -0.120. The van der Waals surface area contributed by atoms with Gasteiger partial charge in [-0.15, -0.1) is 0 Å². The minimum atomic E-state index is 0.151. The first kappa shape index (κ1) is 12.8. The maximum absolute atomic E-state index is 11.2. The van der Waals surface area contributed by atoms with E-state index in [1.165, 1.54) is 5.56 Å². The molecule has 98 valence electrons. The van der Waals surface area contributed by atoms with E-state index >= 15 is 0 Å². The summed E-state index contributed by atoms with van der Waals surface area (Å²) in [5, 5.41) is 6.05. The third-order valence-corrected chi connectivity index (χ3v) is 2.99. The number of nitrogens with one attached hydrogen (secondary N) is 2. The standard InChI is InChI=1S/C13H20N4O/c1-2-14-12-4-3-11(9-16-12)10-17-7-5-13(18)15-6-8-17/h3-4,9H,2,5-8,10H2,1H3,(H,14,16)(H,15,18). The van der Waals surface area contributed by atoms with Gasteiger partial charge in [0, 0.05) is 45.3 Å². The molecule has 0 spiro atoms. The average Bonchev–Trinajstić information content (AvgIpc) is 2.57. The maximum Gasteiger partial charge on any atom is 0.221 e. The first-order valence-electron chi connectivity index (χ1n) is 6.46. The summed E-state index contributed by atoms with van der Waals surface area (Å²) in [5.41, 5.74) is 1.19. The van der Waals surface area contributed by atoms with Gasteiger partial charge in [0.05, 0.1) is 0 Å². The molecule has 1 fully saturated rings. The van der Waals surface area contributed by atoms with E-state index in [0.717, 1.165) is 38.5 Å². The van der Waals surface area contributed by atoms with Crippen LogP contribution >= 0.6 is 0 Å². The summed E-state index contributed by atoms with van der Waals surface area (Å²) in [7, 11) is 0. The van der Waals surface area contributed by atoms with E-state index in [-0.39, 0.29) is 5.91 Å². The number of rotatable bonds is 4. The molecular formula is C13H20N4O. The van der Waals surface area contributed by atoms with Crippen molar-refractivity contribution in [3.05, 3.63) is 23.9 Å². The van der Waals surface area contributed by atoms with E-state index in [2.05, 4.69) is 33.5 Å². The predicted molar refractivity (Wildman–Crippen MR) is 71.3 cm³/mol. The van der Waals surface area contributed by atoms with Gasteiger partial charge < -0.3 is 10.6 Å². The molecule has 2 N–H and O–H groups in total. The zero-order valence-corrected chi connectivity index (χ0v) is 10.8. The van der Waals surface area contributed by atoms with Gasteiger partial charge in [-0.3, -0.25) is 9.69 Å². The van der Waals surface area contributed by atoms with Crippen LogP contribution in [0.2, 0.25) is 0 Å². The molecule has 2 heterocycles. The van der Waals surface area contributed by atoms with Crippen LogP contribution in [0.3, 0.4) is 0 Å². The highest BCUT2D eigenvalue weighted by Crippen LogP contribution is 2.08. The Bertz CT molecular complexity index is 390. The Morgan fingerprint density at radius 2 is 2.33 bits per heavy atom. The normalized spacial score (nSPS) is 17.1. The summed E-state index contributed by atoms with van der Waals surface area (Å²) < 4.78 is 0. The topological polar surface area (TPSA) is 57.3 Å². The Morgan fingerprint density at radius 3 is 3.06 bits per heavy atom. The summed E-state index contributed by atoms with van der Waals surface area (Å²) in [5.74, 6) is 1.06. The number of aromatic nitrogens is 1. The van der Waals surface area contributed by atoms with Crippen LogP contribution in [0.5, 0.6) is 0 Å². The zero-order chi connectivity index (χ0) is 12.8. The molecule has 2 rings (SSSR count). The molecule has 5 nitrogen and oxygen atoms in total. The summed E-state index contributed by atoms with van der Waals surface area (Å²) in [6.07, 6.45) is 2.49. The summed E-state index contributed by atoms with van der Waals surface area (Å²) in [4.78, 5) is 17.9. The molecule has 1 amide bonds. The van der Waals surface area contributed by atoms with Gasteiger partial charge in [-0.25, -0.2) is 4.98 Å². The Hall–Kier alpha value is -1.62. The molecule has 18 heavy (non-hydrogen) atoms. The molecule has 1 aromatic heterocycles. The zero-order valence-electron chi connectivity index (χ0n) is 10.8. The van der Waals surface area contributed by atoms with Crippen molar-refractivity contribution in [1.29, 1.82) is 0 Å². The van der Waals surface area contributed by atoms with Crippen molar-refractivity contribution in [1.82, 2.24) is 15.2 Å². The van der Waals surface area contributed by atoms with E-state index in [9.17, 15) is 4.79 Å². The van der Waals surface area contributed by atoms with Crippen LogP contribution in [0.15, 0.2) is 18.3 Å². The third kappa shape index (κ3) is 3.70. The number of pyridine rings is 1. The molecule has 1 aliphatic heterocycles. The van der Waals surface area contributed by atoms with Gasteiger partial charge in [0.15, 0.2) is 0 Å². The molecule has 1 aliphatic rings. The van der Waals surface area contributed by atoms with Crippen molar-refractivity contribution < 1.29 is 4.79 Å². The van der Waals surface area contributed by atoms with E-state index in [1.54, 1.807) is 0 Å². The lowest BCUT2D eigenvalue weighted by Crippen LogP contribution is -2.28. The molecule has 0 aliphatic carbocycles. The highest BCUT2D eigenvalue weighted by Gasteiger charge is 2.13. The molecule has 1 saturated heterocycles. The molecule has 1 aromatic rings. The van der Waals surface area contributed by atoms with Gasteiger partial charge in [0.1, 0.15) is 5.82 Å². The highest BCUT2D eigenvalue weighted by molar-refractivity contribution is 5.76. The van der Waals surface area contributed by atoms with Crippen LogP contribution in [0.25, 0.3) is 0 Å². The number of hydrogen-bond donors (Lipinski definition) is 2. The SMILES string of the molecule is CCNc1ccc(CN2CCNC(=O)CC2)cn1. The first-order valence-corrected chi connectivity index (χ1v) is 6.46. The molecule has 0 radical (unpaired) electrons. The number of carbonyl (C=O) groups excluding carboxylic acids is 1. The molecule has 0 unspecified atom stereocenters. The van der Waals surface area contributed by atoms with E-state index in [4.69, 9.17) is 0 Å². The minimum Gasteiger partial charge on any atom is -0.370 e. The summed E-state index contributed by atoms with van der Waals surface area (Å²) in [6.45, 7) is 6.25. The van der Waals surface area contributed by atoms with Gasteiger partial charge in [-0.05, 0) is 18.6 Å². The molecule has 5 heteroatoms. The van der Waals surface area contributed by atoms with Crippen molar-refractivity contribution in [2.45, 2.75) is 19.9 Å². The minimum absolute atomic E-state index is 0.151. The van der Waals surface area contributed by atoms with Gasteiger partial charge in [-0.1, -0.05) is 6.07 Å². The van der Waals surface area contributed by atoms with Crippen molar-refractivity contribution in [2.24, 2.45) is 0 Å². The van der Waals surface area contributed by atoms with E-state index in [1.807, 2.05) is 12.3 Å². The van der Waals surface area contributed by atoms with Crippen LogP contribution in [0.4, 0.5) is 5.82 Å². The number of carbonyl (C=O) groups is 1. The van der Waals surface area contributed by atoms with Crippen molar-refractivity contribution in [3.8, 4) is 0 Å². The monoisotopic (exact) mass is 248 g/mol. The lowest BCUT2D eigenvalue weighted by Gasteiger charge is -2.18. The van der Waals surface area contributed by atoms with Gasteiger partial charge >= 0.3 is 0 Å². The largest absolute Gasteiger partial charge is 0.370 e. The molecular weight excluding hydrogens is 228 g/mol. The molecule has 0 aromatic carbocycles. The Kier molecular flexibility index (Phi) is 4.52. The molecule has 0 saturated carbocycles. The van der Waals surface area contributed by atoms with Gasteiger partial charge in [-0.2, -0.15) is 0 Å². The van der Waals surface area contributed by atoms with Crippen LogP contribution in [0.1, 0.15) is 18.9 Å². The number of hydrogen-bond acceptors (Lipinski definition) is 4. The van der Waals surface area contributed by atoms with Gasteiger partial charge in [0.25, 0.3) is 0 Å². The second-order valence-electron chi connectivity index (χ2n) is 4.46. The first-order chi connectivity index (χ1) is 8.78. The third-order valence-electron chi connectivity index (χ3n) is 2.99. The fourth-order valence-corrected chi connectivity index (χ4v) is 2.03. The molecule has 0 bridgehead atoms. The quantitative estimate of drug-likeness (QED) is 0.829. The van der Waals surface area contributed by atoms with Crippen LogP contribution in [-0.4, -0.2) is 42.0 Å². The predicted octanol–water partition coefficient (Wildman–Crippen LogP) is 0.835. The second-order valence-corrected chi connectivity index (χ2v) is 4.46. The van der Waals surface area contributed by atoms with Crippen molar-refractivity contribution >= 4 is 11.7 Å². The second kappa shape index (κ2) is 6.35. The molecule has 0 atom stereocenters. The number of nitrogens with zero attached hydrogens (tertiary/aromatic N) is 2. The fourth-order valence-electron chi connectivity index (χ4n) is 2.03. The van der Waals surface area contributed by atoms with Crippen LogP contribution < -0.4 is 10.6 Å². The Morgan fingerprint density at radius 1 is 1.44 bits per heavy atom. The van der Waals surface area contributed by atoms with Crippen LogP contribution in [0, 0.1) is 0 Å². The smallest absolute Gasteiger partial charge is 0.221 e. The van der Waals surface area contributed by atoms with Crippen molar-refractivity contribution in [2.75, 3.05) is 31.5 Å². The van der Waals surface area contributed by atoms with Gasteiger partial charge in [0.2, 0.25) is 5.91 Å². The Balaban J connectivity index is 1.90. The average molecular weight is 248 g/mol. The lowest BCUT2D eigenvalue weighted by atomic mass is 10.2. The van der Waals surface area contributed by atoms with E-state index < -0.39 is 0 Å². The Labute approximate surface area is 108 Å².